The molecule has 0 bridgehead atoms. The van der Waals surface area contributed by atoms with Gasteiger partial charge >= 0.3 is 0 Å². The van der Waals surface area contributed by atoms with Gasteiger partial charge in [0.1, 0.15) is 16.7 Å². The fourth-order valence-electron chi connectivity index (χ4n) is 3.20. The summed E-state index contributed by atoms with van der Waals surface area (Å²) in [7, 11) is 0. The first-order chi connectivity index (χ1) is 13.7. The molecule has 0 unspecified atom stereocenters. The SMILES string of the molecule is O=C1/C(=C/c2ccc(OCc3ccccc3)cc2)SC(=S)N1C[C@H]1CCCO1. The highest BCUT2D eigenvalue weighted by molar-refractivity contribution is 8.26. The zero-order valence-electron chi connectivity index (χ0n) is 15.4. The van der Waals surface area contributed by atoms with Crippen molar-refractivity contribution >= 4 is 40.3 Å². The van der Waals surface area contributed by atoms with Gasteiger partial charge in [0.2, 0.25) is 0 Å². The molecular formula is C22H21NO3S2. The van der Waals surface area contributed by atoms with Crippen LogP contribution in [0.3, 0.4) is 0 Å². The lowest BCUT2D eigenvalue weighted by Crippen LogP contribution is -2.35. The van der Waals surface area contributed by atoms with Crippen LogP contribution in [0.25, 0.3) is 6.08 Å². The Balaban J connectivity index is 1.38. The average Bonchev–Trinajstić information content (AvgIpc) is 3.33. The minimum Gasteiger partial charge on any atom is -0.489 e. The van der Waals surface area contributed by atoms with Crippen LogP contribution in [0.4, 0.5) is 0 Å². The molecule has 2 fully saturated rings. The van der Waals surface area contributed by atoms with E-state index in [1.165, 1.54) is 11.8 Å². The lowest BCUT2D eigenvalue weighted by Gasteiger charge is -2.18. The fourth-order valence-corrected chi connectivity index (χ4v) is 4.48. The molecule has 6 heteroatoms. The van der Waals surface area contributed by atoms with E-state index in [0.717, 1.165) is 36.3 Å². The lowest BCUT2D eigenvalue weighted by atomic mass is 10.2. The number of hydrogen-bond acceptors (Lipinski definition) is 5. The van der Waals surface area contributed by atoms with Gasteiger partial charge in [-0.05, 0) is 42.2 Å². The van der Waals surface area contributed by atoms with Crippen LogP contribution in [0.5, 0.6) is 5.75 Å². The third-order valence-electron chi connectivity index (χ3n) is 4.71. The molecule has 0 aliphatic carbocycles. The summed E-state index contributed by atoms with van der Waals surface area (Å²) in [5, 5.41) is 0. The first-order valence-corrected chi connectivity index (χ1v) is 10.6. The van der Waals surface area contributed by atoms with Crippen molar-refractivity contribution in [2.45, 2.75) is 25.6 Å². The standard InChI is InChI=1S/C22H21NO3S2/c24-21-20(28-22(27)23(21)14-19-7-4-12-25-19)13-16-8-10-18(11-9-16)26-15-17-5-2-1-3-6-17/h1-3,5-6,8-11,13,19H,4,7,12,14-15H2/b20-13-/t19-/m1/s1. The van der Waals surface area contributed by atoms with Crippen molar-refractivity contribution in [3.63, 3.8) is 0 Å². The van der Waals surface area contributed by atoms with Crippen molar-refractivity contribution in [2.75, 3.05) is 13.2 Å². The smallest absolute Gasteiger partial charge is 0.266 e. The molecule has 1 atom stereocenters. The zero-order chi connectivity index (χ0) is 19.3. The van der Waals surface area contributed by atoms with Gasteiger partial charge in [-0.2, -0.15) is 0 Å². The van der Waals surface area contributed by atoms with Gasteiger partial charge in [0, 0.05) is 6.61 Å². The van der Waals surface area contributed by atoms with Crippen molar-refractivity contribution in [1.29, 1.82) is 0 Å². The molecule has 2 aliphatic heterocycles. The van der Waals surface area contributed by atoms with Crippen LogP contribution in [0.15, 0.2) is 59.5 Å². The summed E-state index contributed by atoms with van der Waals surface area (Å²) in [4.78, 5) is 15.0. The fraction of sp³-hybridized carbons (Fsp3) is 0.273. The zero-order valence-corrected chi connectivity index (χ0v) is 17.0. The number of nitrogens with zero attached hydrogens (tertiary/aromatic N) is 1. The van der Waals surface area contributed by atoms with E-state index < -0.39 is 0 Å². The van der Waals surface area contributed by atoms with Crippen molar-refractivity contribution in [3.8, 4) is 5.75 Å². The van der Waals surface area contributed by atoms with Gasteiger partial charge in [-0.3, -0.25) is 9.69 Å². The predicted molar refractivity (Wildman–Crippen MR) is 116 cm³/mol. The number of ether oxygens (including phenoxy) is 2. The minimum atomic E-state index is -0.0325. The number of amides is 1. The molecular weight excluding hydrogens is 390 g/mol. The third-order valence-corrected chi connectivity index (χ3v) is 6.09. The van der Waals surface area contributed by atoms with E-state index in [4.69, 9.17) is 21.7 Å². The first kappa shape index (κ1) is 19.2. The average molecular weight is 412 g/mol. The van der Waals surface area contributed by atoms with Gasteiger partial charge in [0.05, 0.1) is 17.6 Å². The summed E-state index contributed by atoms with van der Waals surface area (Å²) in [6, 6.07) is 17.8. The third kappa shape index (κ3) is 4.63. The first-order valence-electron chi connectivity index (χ1n) is 9.33. The second-order valence-corrected chi connectivity index (χ2v) is 8.45. The van der Waals surface area contributed by atoms with Crippen LogP contribution in [0.1, 0.15) is 24.0 Å². The molecule has 2 heterocycles. The topological polar surface area (TPSA) is 38.8 Å². The highest BCUT2D eigenvalue weighted by Gasteiger charge is 2.34. The van der Waals surface area contributed by atoms with Gasteiger partial charge in [0.15, 0.2) is 0 Å². The molecule has 0 N–H and O–H groups in total. The van der Waals surface area contributed by atoms with Crippen LogP contribution in [0, 0.1) is 0 Å². The van der Waals surface area contributed by atoms with E-state index >= 15 is 0 Å². The van der Waals surface area contributed by atoms with Crippen LogP contribution in [0.2, 0.25) is 0 Å². The summed E-state index contributed by atoms with van der Waals surface area (Å²) >= 11 is 6.75. The lowest BCUT2D eigenvalue weighted by molar-refractivity contribution is -0.123. The van der Waals surface area contributed by atoms with Crippen molar-refractivity contribution < 1.29 is 14.3 Å². The molecule has 4 nitrogen and oxygen atoms in total. The number of thiocarbonyl (C=S) groups is 1. The molecule has 2 aromatic rings. The Bertz CT molecular complexity index is 874. The molecule has 2 aromatic carbocycles. The number of benzene rings is 2. The van der Waals surface area contributed by atoms with Gasteiger partial charge in [-0.15, -0.1) is 0 Å². The molecule has 0 saturated carbocycles. The Morgan fingerprint density at radius 1 is 1.18 bits per heavy atom. The normalized spacial score (nSPS) is 20.9. The minimum absolute atomic E-state index is 0.0325. The van der Waals surface area contributed by atoms with Crippen molar-refractivity contribution in [3.05, 3.63) is 70.6 Å². The highest BCUT2D eigenvalue weighted by Crippen LogP contribution is 2.33. The van der Waals surface area contributed by atoms with Gasteiger partial charge in [0.25, 0.3) is 5.91 Å². The molecule has 4 rings (SSSR count). The quantitative estimate of drug-likeness (QED) is 0.511. The van der Waals surface area contributed by atoms with E-state index in [-0.39, 0.29) is 12.0 Å². The number of hydrogen-bond donors (Lipinski definition) is 0. The molecule has 28 heavy (non-hydrogen) atoms. The second kappa shape index (κ2) is 8.90. The molecule has 0 spiro atoms. The summed E-state index contributed by atoms with van der Waals surface area (Å²) in [5.41, 5.74) is 2.08. The van der Waals surface area contributed by atoms with E-state index in [0.29, 0.717) is 22.4 Å². The van der Waals surface area contributed by atoms with E-state index in [1.807, 2.05) is 60.7 Å². The Morgan fingerprint density at radius 3 is 2.68 bits per heavy atom. The maximum atomic E-state index is 12.7. The molecule has 2 aliphatic rings. The summed E-state index contributed by atoms with van der Waals surface area (Å²) in [5.74, 6) is 0.766. The Labute approximate surface area is 174 Å². The molecule has 1 amide bonds. The summed E-state index contributed by atoms with van der Waals surface area (Å²) in [6.07, 6.45) is 4.02. The van der Waals surface area contributed by atoms with Crippen LogP contribution < -0.4 is 4.74 Å². The van der Waals surface area contributed by atoms with Gasteiger partial charge < -0.3 is 9.47 Å². The Morgan fingerprint density at radius 2 is 1.96 bits per heavy atom. The second-order valence-electron chi connectivity index (χ2n) is 6.77. The predicted octanol–water partition coefficient (Wildman–Crippen LogP) is 4.65. The van der Waals surface area contributed by atoms with Crippen LogP contribution >= 0.6 is 24.0 Å². The number of carbonyl (C=O) groups is 1. The van der Waals surface area contributed by atoms with E-state index in [1.54, 1.807) is 4.90 Å². The molecule has 0 aromatic heterocycles. The van der Waals surface area contributed by atoms with Crippen LogP contribution in [-0.4, -0.2) is 34.4 Å². The maximum absolute atomic E-state index is 12.7. The van der Waals surface area contributed by atoms with Crippen molar-refractivity contribution in [1.82, 2.24) is 4.90 Å². The highest BCUT2D eigenvalue weighted by atomic mass is 32.2. The molecule has 144 valence electrons. The molecule has 2 saturated heterocycles. The van der Waals surface area contributed by atoms with E-state index in [9.17, 15) is 4.79 Å². The van der Waals surface area contributed by atoms with Gasteiger partial charge in [-0.25, -0.2) is 0 Å². The number of rotatable bonds is 6. The number of thioether (sulfide) groups is 1. The van der Waals surface area contributed by atoms with Gasteiger partial charge in [-0.1, -0.05) is 66.4 Å². The van der Waals surface area contributed by atoms with Crippen molar-refractivity contribution in [2.24, 2.45) is 0 Å². The summed E-state index contributed by atoms with van der Waals surface area (Å²) < 4.78 is 12.1. The largest absolute Gasteiger partial charge is 0.489 e. The molecule has 0 radical (unpaired) electrons. The maximum Gasteiger partial charge on any atom is 0.266 e. The Hall–Kier alpha value is -2.15. The Kier molecular flexibility index (Phi) is 6.10. The van der Waals surface area contributed by atoms with Crippen LogP contribution in [-0.2, 0) is 16.1 Å². The monoisotopic (exact) mass is 411 g/mol. The number of carbonyl (C=O) groups excluding carboxylic acids is 1. The summed E-state index contributed by atoms with van der Waals surface area (Å²) in [6.45, 7) is 1.85. The van der Waals surface area contributed by atoms with E-state index in [2.05, 4.69) is 0 Å².